The predicted molar refractivity (Wildman–Crippen MR) is 77.5 cm³/mol. The van der Waals surface area contributed by atoms with Crippen molar-refractivity contribution in [3.05, 3.63) is 35.4 Å². The van der Waals surface area contributed by atoms with Crippen molar-refractivity contribution in [1.82, 2.24) is 4.90 Å². The lowest BCUT2D eigenvalue weighted by Gasteiger charge is -2.36. The second-order valence-electron chi connectivity index (χ2n) is 6.06. The van der Waals surface area contributed by atoms with Crippen LogP contribution < -0.4 is 0 Å². The summed E-state index contributed by atoms with van der Waals surface area (Å²) < 4.78 is 43.7. The van der Waals surface area contributed by atoms with Gasteiger partial charge in [0.25, 0.3) is 0 Å². The van der Waals surface area contributed by atoms with Gasteiger partial charge in [0.15, 0.2) is 0 Å². The predicted octanol–water partition coefficient (Wildman–Crippen LogP) is 3.02. The minimum atomic E-state index is -4.40. The minimum absolute atomic E-state index is 0.231. The van der Waals surface area contributed by atoms with Gasteiger partial charge in [-0.2, -0.15) is 13.2 Å². The van der Waals surface area contributed by atoms with Crippen molar-refractivity contribution in [3.8, 4) is 0 Å². The normalized spacial score (nSPS) is 20.8. The van der Waals surface area contributed by atoms with Crippen LogP contribution in [-0.4, -0.2) is 42.9 Å². The molecule has 0 saturated carbocycles. The first kappa shape index (κ1) is 17.2. The van der Waals surface area contributed by atoms with E-state index in [0.29, 0.717) is 6.54 Å². The Labute approximate surface area is 128 Å². The SMILES string of the molecule is COC1CCN(CC(C)(O)c2cccc(C(F)(F)F)c2)CC1. The second-order valence-corrected chi connectivity index (χ2v) is 6.06. The number of nitrogens with zero attached hydrogens (tertiary/aromatic N) is 1. The molecule has 1 atom stereocenters. The molecule has 0 radical (unpaired) electrons. The third-order valence-corrected chi connectivity index (χ3v) is 4.21. The summed E-state index contributed by atoms with van der Waals surface area (Å²) in [6.45, 7) is 3.41. The molecule has 1 aliphatic heterocycles. The van der Waals surface area contributed by atoms with Crippen LogP contribution in [0.1, 0.15) is 30.9 Å². The maximum Gasteiger partial charge on any atom is 0.416 e. The van der Waals surface area contributed by atoms with Gasteiger partial charge in [-0.1, -0.05) is 12.1 Å². The molecule has 0 aliphatic carbocycles. The zero-order chi connectivity index (χ0) is 16.4. The van der Waals surface area contributed by atoms with Crippen molar-refractivity contribution >= 4 is 0 Å². The quantitative estimate of drug-likeness (QED) is 0.926. The lowest BCUT2D eigenvalue weighted by Crippen LogP contribution is -2.44. The Morgan fingerprint density at radius 3 is 2.36 bits per heavy atom. The van der Waals surface area contributed by atoms with E-state index in [1.807, 2.05) is 0 Å². The number of hydrogen-bond donors (Lipinski definition) is 1. The molecular weight excluding hydrogens is 295 g/mol. The molecular formula is C16H22F3NO2. The topological polar surface area (TPSA) is 32.7 Å². The average molecular weight is 317 g/mol. The van der Waals surface area contributed by atoms with E-state index in [1.54, 1.807) is 14.0 Å². The maximum absolute atomic E-state index is 12.8. The van der Waals surface area contributed by atoms with E-state index in [1.165, 1.54) is 12.1 Å². The number of piperidine rings is 1. The van der Waals surface area contributed by atoms with Gasteiger partial charge in [-0.25, -0.2) is 0 Å². The molecule has 1 unspecified atom stereocenters. The molecule has 1 aliphatic rings. The number of alkyl halides is 3. The molecule has 0 bridgehead atoms. The highest BCUT2D eigenvalue weighted by atomic mass is 19.4. The van der Waals surface area contributed by atoms with Gasteiger partial charge in [0.05, 0.1) is 17.3 Å². The van der Waals surface area contributed by atoms with Crippen LogP contribution in [0.5, 0.6) is 0 Å². The lowest BCUT2D eigenvalue weighted by atomic mass is 9.92. The molecule has 0 spiro atoms. The monoisotopic (exact) mass is 317 g/mol. The molecule has 6 heteroatoms. The van der Waals surface area contributed by atoms with Gasteiger partial charge in [0, 0.05) is 26.7 Å². The lowest BCUT2D eigenvalue weighted by molar-refractivity contribution is -0.137. The first-order valence-electron chi connectivity index (χ1n) is 7.37. The molecule has 1 aromatic carbocycles. The van der Waals surface area contributed by atoms with Crippen LogP contribution in [0.4, 0.5) is 13.2 Å². The number of rotatable bonds is 4. The van der Waals surface area contributed by atoms with Crippen molar-refractivity contribution in [2.24, 2.45) is 0 Å². The molecule has 1 aromatic rings. The molecule has 124 valence electrons. The molecule has 1 saturated heterocycles. The Balaban J connectivity index is 2.07. The summed E-state index contributed by atoms with van der Waals surface area (Å²) in [5, 5.41) is 10.6. The average Bonchev–Trinajstić information content (AvgIpc) is 2.47. The van der Waals surface area contributed by atoms with Gasteiger partial charge in [0.1, 0.15) is 0 Å². The first-order valence-corrected chi connectivity index (χ1v) is 7.37. The summed E-state index contributed by atoms with van der Waals surface area (Å²) in [5.41, 5.74) is -1.76. The van der Waals surface area contributed by atoms with E-state index in [0.717, 1.165) is 38.1 Å². The van der Waals surface area contributed by atoms with Crippen LogP contribution in [0.3, 0.4) is 0 Å². The summed E-state index contributed by atoms with van der Waals surface area (Å²) in [5.74, 6) is 0. The highest BCUT2D eigenvalue weighted by molar-refractivity contribution is 5.29. The molecule has 3 nitrogen and oxygen atoms in total. The summed E-state index contributed by atoms with van der Waals surface area (Å²) >= 11 is 0. The van der Waals surface area contributed by atoms with Gasteiger partial charge in [0.2, 0.25) is 0 Å². The smallest absolute Gasteiger partial charge is 0.384 e. The van der Waals surface area contributed by atoms with Crippen LogP contribution in [0.25, 0.3) is 0 Å². The largest absolute Gasteiger partial charge is 0.416 e. The number of halogens is 3. The van der Waals surface area contributed by atoms with Gasteiger partial charge < -0.3 is 9.84 Å². The number of benzene rings is 1. The van der Waals surface area contributed by atoms with Crippen molar-refractivity contribution < 1.29 is 23.0 Å². The van der Waals surface area contributed by atoms with Gasteiger partial charge in [-0.15, -0.1) is 0 Å². The Morgan fingerprint density at radius 2 is 1.82 bits per heavy atom. The first-order chi connectivity index (χ1) is 10.2. The number of methoxy groups -OCH3 is 1. The Kier molecular flexibility index (Phi) is 5.14. The van der Waals surface area contributed by atoms with Gasteiger partial charge in [-0.3, -0.25) is 4.90 Å². The molecule has 1 fully saturated rings. The van der Waals surface area contributed by atoms with E-state index in [4.69, 9.17) is 4.74 Å². The summed E-state index contributed by atoms with van der Waals surface area (Å²) in [6.07, 6.45) is -2.43. The molecule has 0 amide bonds. The fraction of sp³-hybridized carbons (Fsp3) is 0.625. The number of ether oxygens (including phenoxy) is 1. The van der Waals surface area contributed by atoms with Gasteiger partial charge >= 0.3 is 6.18 Å². The number of hydrogen-bond acceptors (Lipinski definition) is 3. The van der Waals surface area contributed by atoms with Crippen LogP contribution in [0, 0.1) is 0 Å². The third kappa shape index (κ3) is 4.21. The third-order valence-electron chi connectivity index (χ3n) is 4.21. The number of β-amino-alcohol motifs (C(OH)–C–C–N with tert-alkyl or cyclic N) is 1. The van der Waals surface area contributed by atoms with Crippen molar-refractivity contribution in [1.29, 1.82) is 0 Å². The second kappa shape index (κ2) is 6.56. The molecule has 1 N–H and O–H groups in total. The van der Waals surface area contributed by atoms with Crippen molar-refractivity contribution in [2.45, 2.75) is 37.6 Å². The van der Waals surface area contributed by atoms with Crippen LogP contribution >= 0.6 is 0 Å². The molecule has 2 rings (SSSR count). The minimum Gasteiger partial charge on any atom is -0.384 e. The highest BCUT2D eigenvalue weighted by Crippen LogP contribution is 2.32. The van der Waals surface area contributed by atoms with E-state index in [9.17, 15) is 18.3 Å². The highest BCUT2D eigenvalue weighted by Gasteiger charge is 2.34. The standard InChI is InChI=1S/C16H22F3NO2/c1-15(21,11-20-8-6-14(22-2)7-9-20)12-4-3-5-13(10-12)16(17,18)19/h3-5,10,14,21H,6-9,11H2,1-2H3. The van der Waals surface area contributed by atoms with Crippen LogP contribution in [0.2, 0.25) is 0 Å². The van der Waals surface area contributed by atoms with Crippen molar-refractivity contribution in [3.63, 3.8) is 0 Å². The molecule has 0 aromatic heterocycles. The fourth-order valence-corrected chi connectivity index (χ4v) is 2.86. The summed E-state index contributed by atoms with van der Waals surface area (Å²) in [4.78, 5) is 2.07. The Morgan fingerprint density at radius 1 is 1.23 bits per heavy atom. The Hall–Kier alpha value is -1.11. The van der Waals surface area contributed by atoms with Crippen LogP contribution in [-0.2, 0) is 16.5 Å². The van der Waals surface area contributed by atoms with Crippen LogP contribution in [0.15, 0.2) is 24.3 Å². The van der Waals surface area contributed by atoms with Gasteiger partial charge in [-0.05, 0) is 37.5 Å². The van der Waals surface area contributed by atoms with Crippen molar-refractivity contribution in [2.75, 3.05) is 26.7 Å². The maximum atomic E-state index is 12.8. The summed E-state index contributed by atoms with van der Waals surface area (Å²) in [7, 11) is 1.68. The zero-order valence-corrected chi connectivity index (χ0v) is 12.9. The van der Waals surface area contributed by atoms with E-state index in [2.05, 4.69) is 4.90 Å². The molecule has 22 heavy (non-hydrogen) atoms. The number of aliphatic hydroxyl groups is 1. The molecule has 1 heterocycles. The van der Waals surface area contributed by atoms with E-state index >= 15 is 0 Å². The summed E-state index contributed by atoms with van der Waals surface area (Å²) in [6, 6.07) is 4.92. The van der Waals surface area contributed by atoms with E-state index in [-0.39, 0.29) is 11.7 Å². The number of likely N-dealkylation sites (tertiary alicyclic amines) is 1. The van der Waals surface area contributed by atoms with E-state index < -0.39 is 17.3 Å². The zero-order valence-electron chi connectivity index (χ0n) is 12.9. The fourth-order valence-electron chi connectivity index (χ4n) is 2.86. The Bertz CT molecular complexity index is 494.